The molecule has 1 aromatic heterocycles. The van der Waals surface area contributed by atoms with E-state index >= 15 is 0 Å². The lowest BCUT2D eigenvalue weighted by Crippen LogP contribution is -2.27. The molecule has 3 heterocycles. The van der Waals surface area contributed by atoms with Crippen LogP contribution in [0.1, 0.15) is 26.4 Å². The summed E-state index contributed by atoms with van der Waals surface area (Å²) in [5.74, 6) is 0.631. The Labute approximate surface area is 166 Å². The molecule has 7 nitrogen and oxygen atoms in total. The Morgan fingerprint density at radius 3 is 2.85 bits per heavy atom. The summed E-state index contributed by atoms with van der Waals surface area (Å²) in [7, 11) is 2.03. The van der Waals surface area contributed by atoms with E-state index in [0.29, 0.717) is 22.1 Å². The molecule has 0 bridgehead atoms. The molecule has 144 valence electrons. The highest BCUT2D eigenvalue weighted by Gasteiger charge is 2.26. The average Bonchev–Trinajstić information content (AvgIpc) is 3.17. The maximum atomic E-state index is 12.5. The van der Waals surface area contributed by atoms with Gasteiger partial charge in [0.1, 0.15) is 5.00 Å². The van der Waals surface area contributed by atoms with Crippen LogP contribution in [0, 0.1) is 0 Å². The number of halogens is 1. The lowest BCUT2D eigenvalue weighted by Gasteiger charge is -2.22. The summed E-state index contributed by atoms with van der Waals surface area (Å²) in [4.78, 5) is 27.7. The molecule has 0 radical (unpaired) electrons. The van der Waals surface area contributed by atoms with E-state index in [1.807, 2.05) is 13.1 Å². The van der Waals surface area contributed by atoms with Gasteiger partial charge >= 0.3 is 0 Å². The van der Waals surface area contributed by atoms with Gasteiger partial charge in [0.15, 0.2) is 11.5 Å². The highest BCUT2D eigenvalue weighted by atomic mass is 35.5. The summed E-state index contributed by atoms with van der Waals surface area (Å²) in [6, 6.07) is 5.42. The summed E-state index contributed by atoms with van der Waals surface area (Å²) in [5.41, 5.74) is 7.82. The van der Waals surface area contributed by atoms with E-state index in [2.05, 4.69) is 10.2 Å². The Hall–Kier alpha value is -2.29. The number of benzene rings is 1. The largest absolute Gasteiger partial charge is 0.454 e. The van der Waals surface area contributed by atoms with Crippen molar-refractivity contribution in [3.8, 4) is 11.5 Å². The average molecular weight is 410 g/mol. The predicted octanol–water partition coefficient (Wildman–Crippen LogP) is 2.17. The second-order valence-electron chi connectivity index (χ2n) is 6.47. The third-order valence-electron chi connectivity index (χ3n) is 4.55. The number of fused-ring (bicyclic) bond motifs is 2. The minimum Gasteiger partial charge on any atom is -0.454 e. The van der Waals surface area contributed by atoms with Crippen LogP contribution < -0.4 is 20.5 Å². The third kappa shape index (κ3) is 3.87. The molecule has 0 saturated heterocycles. The fraction of sp³-hybridized carbons (Fsp3) is 0.333. The standard InChI is InChI=1S/C18H19N3O4S.ClH/c1-21-5-4-11-14(8-21)26-18(16(11)17(19)23)20-15(22)7-10-2-3-12-13(6-10)25-9-24-12;/h2-3,6H,4-5,7-9H2,1H3,(H2,19,23)(H,20,22);1H. The fourth-order valence-corrected chi connectivity index (χ4v) is 4.64. The van der Waals surface area contributed by atoms with E-state index < -0.39 is 5.91 Å². The number of likely N-dealkylation sites (N-methyl/N-ethyl adjacent to an activating group) is 1. The van der Waals surface area contributed by atoms with E-state index in [-0.39, 0.29) is 31.5 Å². The van der Waals surface area contributed by atoms with Crippen LogP contribution >= 0.6 is 23.7 Å². The van der Waals surface area contributed by atoms with Gasteiger partial charge in [-0.2, -0.15) is 0 Å². The van der Waals surface area contributed by atoms with Crippen LogP contribution in [-0.2, 0) is 24.2 Å². The number of ether oxygens (including phenoxy) is 2. The van der Waals surface area contributed by atoms with Crippen LogP contribution in [-0.4, -0.2) is 37.1 Å². The molecule has 3 N–H and O–H groups in total. The third-order valence-corrected chi connectivity index (χ3v) is 5.68. The molecule has 2 amide bonds. The Kier molecular flexibility index (Phi) is 5.59. The molecular weight excluding hydrogens is 390 g/mol. The van der Waals surface area contributed by atoms with Gasteiger partial charge in [-0.15, -0.1) is 23.7 Å². The van der Waals surface area contributed by atoms with Crippen molar-refractivity contribution in [2.24, 2.45) is 5.73 Å². The van der Waals surface area contributed by atoms with Crippen LogP contribution in [0.3, 0.4) is 0 Å². The Morgan fingerprint density at radius 2 is 2.07 bits per heavy atom. The Balaban J connectivity index is 0.00000210. The topological polar surface area (TPSA) is 93.9 Å². The zero-order chi connectivity index (χ0) is 18.3. The molecule has 4 rings (SSSR count). The maximum absolute atomic E-state index is 12.5. The number of carbonyl (C=O) groups excluding carboxylic acids is 2. The fourth-order valence-electron chi connectivity index (χ4n) is 3.29. The van der Waals surface area contributed by atoms with Crippen molar-refractivity contribution in [2.75, 3.05) is 25.7 Å². The first kappa shape index (κ1) is 19.5. The number of thiophene rings is 1. The van der Waals surface area contributed by atoms with Gasteiger partial charge in [-0.05, 0) is 36.7 Å². The smallest absolute Gasteiger partial charge is 0.251 e. The van der Waals surface area contributed by atoms with Crippen molar-refractivity contribution in [1.29, 1.82) is 0 Å². The number of primary amides is 1. The van der Waals surface area contributed by atoms with Crippen LogP contribution in [0.4, 0.5) is 5.00 Å². The molecule has 9 heteroatoms. The molecule has 0 unspecified atom stereocenters. The van der Waals surface area contributed by atoms with Gasteiger partial charge < -0.3 is 25.4 Å². The Morgan fingerprint density at radius 1 is 1.30 bits per heavy atom. The lowest BCUT2D eigenvalue weighted by molar-refractivity contribution is -0.115. The molecule has 0 atom stereocenters. The molecule has 0 saturated carbocycles. The minimum absolute atomic E-state index is 0. The van der Waals surface area contributed by atoms with Gasteiger partial charge in [-0.25, -0.2) is 0 Å². The molecule has 0 spiro atoms. The van der Waals surface area contributed by atoms with Gasteiger partial charge in [0, 0.05) is 18.0 Å². The first-order chi connectivity index (χ1) is 12.5. The lowest BCUT2D eigenvalue weighted by atomic mass is 10.0. The zero-order valence-corrected chi connectivity index (χ0v) is 16.4. The van der Waals surface area contributed by atoms with Crippen molar-refractivity contribution < 1.29 is 19.1 Å². The number of rotatable bonds is 4. The van der Waals surface area contributed by atoms with E-state index in [9.17, 15) is 9.59 Å². The summed E-state index contributed by atoms with van der Waals surface area (Å²) < 4.78 is 10.6. The first-order valence-electron chi connectivity index (χ1n) is 8.32. The number of hydrogen-bond acceptors (Lipinski definition) is 6. The zero-order valence-electron chi connectivity index (χ0n) is 14.7. The highest BCUT2D eigenvalue weighted by Crippen LogP contribution is 2.37. The first-order valence-corrected chi connectivity index (χ1v) is 9.14. The van der Waals surface area contributed by atoms with Crippen LogP contribution in [0.15, 0.2) is 18.2 Å². The van der Waals surface area contributed by atoms with Gasteiger partial charge in [0.2, 0.25) is 12.7 Å². The minimum atomic E-state index is -0.495. The molecule has 2 aliphatic rings. The van der Waals surface area contributed by atoms with Gasteiger partial charge in [-0.3, -0.25) is 9.59 Å². The molecule has 1 aromatic carbocycles. The SMILES string of the molecule is CN1CCc2c(sc(NC(=O)Cc3ccc4c(c3)OCO4)c2C(N)=O)C1.Cl. The molecule has 0 fully saturated rings. The number of anilines is 1. The molecular formula is C18H20ClN3O4S. The summed E-state index contributed by atoms with van der Waals surface area (Å²) in [6.07, 6.45) is 0.940. The summed E-state index contributed by atoms with van der Waals surface area (Å²) >= 11 is 1.43. The number of nitrogens with one attached hydrogen (secondary N) is 1. The normalized spacial score (nSPS) is 15.0. The molecule has 2 aliphatic heterocycles. The van der Waals surface area contributed by atoms with Crippen LogP contribution in [0.5, 0.6) is 11.5 Å². The monoisotopic (exact) mass is 409 g/mol. The van der Waals surface area contributed by atoms with Gasteiger partial charge in [-0.1, -0.05) is 6.07 Å². The Bertz CT molecular complexity index is 899. The van der Waals surface area contributed by atoms with Crippen molar-refractivity contribution in [2.45, 2.75) is 19.4 Å². The number of amides is 2. The summed E-state index contributed by atoms with van der Waals surface area (Å²) in [6.45, 7) is 1.83. The quantitative estimate of drug-likeness (QED) is 0.807. The van der Waals surface area contributed by atoms with Crippen molar-refractivity contribution in [3.63, 3.8) is 0 Å². The second kappa shape index (κ2) is 7.75. The number of nitrogens with two attached hydrogens (primary N) is 1. The second-order valence-corrected chi connectivity index (χ2v) is 7.58. The highest BCUT2D eigenvalue weighted by molar-refractivity contribution is 7.17. The van der Waals surface area contributed by atoms with Gasteiger partial charge in [0.05, 0.1) is 12.0 Å². The van der Waals surface area contributed by atoms with Crippen molar-refractivity contribution in [1.82, 2.24) is 4.90 Å². The molecule has 0 aliphatic carbocycles. The number of nitrogens with zero attached hydrogens (tertiary/aromatic N) is 1. The van der Waals surface area contributed by atoms with Gasteiger partial charge in [0.25, 0.3) is 5.91 Å². The number of hydrogen-bond donors (Lipinski definition) is 2. The van der Waals surface area contributed by atoms with Crippen LogP contribution in [0.2, 0.25) is 0 Å². The summed E-state index contributed by atoms with van der Waals surface area (Å²) in [5, 5.41) is 3.41. The maximum Gasteiger partial charge on any atom is 0.251 e. The van der Waals surface area contributed by atoms with E-state index in [4.69, 9.17) is 15.2 Å². The number of carbonyl (C=O) groups is 2. The van der Waals surface area contributed by atoms with E-state index in [1.54, 1.807) is 12.1 Å². The molecule has 27 heavy (non-hydrogen) atoms. The van der Waals surface area contributed by atoms with Crippen LogP contribution in [0.25, 0.3) is 0 Å². The van der Waals surface area contributed by atoms with Crippen molar-refractivity contribution in [3.05, 3.63) is 39.8 Å². The van der Waals surface area contributed by atoms with Crippen molar-refractivity contribution >= 4 is 40.6 Å². The van der Waals surface area contributed by atoms with E-state index in [0.717, 1.165) is 35.5 Å². The van der Waals surface area contributed by atoms with E-state index in [1.165, 1.54) is 11.3 Å². The molecule has 2 aromatic rings. The predicted molar refractivity (Wildman–Crippen MR) is 105 cm³/mol.